The Kier molecular flexibility index (Phi) is 3.25. The van der Waals surface area contributed by atoms with E-state index in [4.69, 9.17) is 0 Å². The van der Waals surface area contributed by atoms with Gasteiger partial charge in [-0.3, -0.25) is 5.10 Å². The highest BCUT2D eigenvalue weighted by Gasteiger charge is 1.96. The van der Waals surface area contributed by atoms with Crippen molar-refractivity contribution in [2.45, 2.75) is 0 Å². The van der Waals surface area contributed by atoms with Crippen molar-refractivity contribution in [3.05, 3.63) is 48.2 Å². The van der Waals surface area contributed by atoms with Crippen molar-refractivity contribution in [2.75, 3.05) is 5.75 Å². The summed E-state index contributed by atoms with van der Waals surface area (Å²) in [6.07, 6.45) is 5.84. The molecule has 1 aromatic carbocycles. The third-order valence-corrected chi connectivity index (χ3v) is 2.35. The molecule has 3 heteroatoms. The molecule has 15 heavy (non-hydrogen) atoms. The maximum atomic E-state index is 4.12. The number of thiol groups is 1. The number of aromatic nitrogens is 2. The molecule has 0 fully saturated rings. The van der Waals surface area contributed by atoms with Gasteiger partial charge in [-0.1, -0.05) is 36.4 Å². The largest absolute Gasteiger partial charge is 0.278 e. The number of rotatable bonds is 3. The monoisotopic (exact) mass is 216 g/mol. The Bertz CT molecular complexity index is 429. The SMILES string of the molecule is SCC=Cc1ccc(-c2ccn[nH]2)cc1. The van der Waals surface area contributed by atoms with Crippen molar-refractivity contribution in [1.29, 1.82) is 0 Å². The third kappa shape index (κ3) is 2.50. The molecule has 0 atom stereocenters. The highest BCUT2D eigenvalue weighted by atomic mass is 32.1. The lowest BCUT2D eigenvalue weighted by atomic mass is 10.1. The lowest BCUT2D eigenvalue weighted by Crippen LogP contribution is -1.78. The Morgan fingerprint density at radius 2 is 2.00 bits per heavy atom. The number of nitrogens with one attached hydrogen (secondary N) is 1. The zero-order chi connectivity index (χ0) is 10.5. The van der Waals surface area contributed by atoms with Crippen LogP contribution < -0.4 is 0 Å². The van der Waals surface area contributed by atoms with Gasteiger partial charge >= 0.3 is 0 Å². The summed E-state index contributed by atoms with van der Waals surface area (Å²) in [7, 11) is 0. The van der Waals surface area contributed by atoms with Crippen molar-refractivity contribution in [3.8, 4) is 11.3 Å². The molecule has 0 aliphatic rings. The van der Waals surface area contributed by atoms with Crippen LogP contribution in [0.25, 0.3) is 17.3 Å². The van der Waals surface area contributed by atoms with Gasteiger partial charge in [-0.2, -0.15) is 17.7 Å². The first-order valence-corrected chi connectivity index (χ1v) is 5.40. The van der Waals surface area contributed by atoms with Crippen LogP contribution in [0.2, 0.25) is 0 Å². The molecule has 0 amide bonds. The molecule has 2 nitrogen and oxygen atoms in total. The van der Waals surface area contributed by atoms with Crippen LogP contribution in [0.4, 0.5) is 0 Å². The summed E-state index contributed by atoms with van der Waals surface area (Å²) in [5, 5.41) is 6.86. The second kappa shape index (κ2) is 4.84. The summed E-state index contributed by atoms with van der Waals surface area (Å²) in [5.41, 5.74) is 3.38. The van der Waals surface area contributed by atoms with Gasteiger partial charge in [0.05, 0.1) is 5.69 Å². The molecule has 1 N–H and O–H groups in total. The van der Waals surface area contributed by atoms with Gasteiger partial charge in [0.1, 0.15) is 0 Å². The molecule has 1 heterocycles. The molecule has 0 aliphatic carbocycles. The molecule has 2 aromatic rings. The van der Waals surface area contributed by atoms with E-state index in [1.807, 2.05) is 12.1 Å². The van der Waals surface area contributed by atoms with Crippen molar-refractivity contribution in [3.63, 3.8) is 0 Å². The molecule has 0 bridgehead atoms. The van der Waals surface area contributed by atoms with Crippen molar-refractivity contribution in [1.82, 2.24) is 10.2 Å². The van der Waals surface area contributed by atoms with Crippen molar-refractivity contribution >= 4 is 18.7 Å². The Balaban J connectivity index is 2.21. The Morgan fingerprint density at radius 1 is 1.20 bits per heavy atom. The maximum absolute atomic E-state index is 4.12. The standard InChI is InChI=1S/C12H12N2S/c15-9-1-2-10-3-5-11(6-4-10)12-7-8-13-14-12/h1-8,15H,9H2,(H,13,14). The van der Waals surface area contributed by atoms with Gasteiger partial charge in [-0.05, 0) is 17.2 Å². The molecule has 0 saturated carbocycles. The van der Waals surface area contributed by atoms with Crippen LogP contribution in [-0.4, -0.2) is 16.0 Å². The fourth-order valence-electron chi connectivity index (χ4n) is 1.38. The predicted molar refractivity (Wildman–Crippen MR) is 66.9 cm³/mol. The maximum Gasteiger partial charge on any atom is 0.0650 e. The molecule has 2 rings (SSSR count). The van der Waals surface area contributed by atoms with Gasteiger partial charge in [-0.15, -0.1) is 0 Å². The molecule has 76 valence electrons. The average Bonchev–Trinajstić information content (AvgIpc) is 2.80. The van der Waals surface area contributed by atoms with Gasteiger partial charge in [0.25, 0.3) is 0 Å². The van der Waals surface area contributed by atoms with E-state index in [2.05, 4.69) is 53.2 Å². The fourth-order valence-corrected chi connectivity index (χ4v) is 1.48. The Morgan fingerprint density at radius 3 is 2.60 bits per heavy atom. The smallest absolute Gasteiger partial charge is 0.0650 e. The lowest BCUT2D eigenvalue weighted by molar-refractivity contribution is 1.10. The second-order valence-corrected chi connectivity index (χ2v) is 3.54. The van der Waals surface area contributed by atoms with Crippen molar-refractivity contribution < 1.29 is 0 Å². The van der Waals surface area contributed by atoms with Crippen molar-refractivity contribution in [2.24, 2.45) is 0 Å². The first-order chi connectivity index (χ1) is 7.40. The highest BCUT2D eigenvalue weighted by Crippen LogP contribution is 2.17. The van der Waals surface area contributed by atoms with E-state index in [0.29, 0.717) is 0 Å². The molecule has 0 spiro atoms. The van der Waals surface area contributed by atoms with Crippen LogP contribution in [-0.2, 0) is 0 Å². The third-order valence-electron chi connectivity index (χ3n) is 2.14. The molecular weight excluding hydrogens is 204 g/mol. The molecule has 0 saturated heterocycles. The molecule has 1 aromatic heterocycles. The Labute approximate surface area is 94.4 Å². The fraction of sp³-hybridized carbons (Fsp3) is 0.0833. The molecule has 0 unspecified atom stereocenters. The molecule has 0 aliphatic heterocycles. The number of hydrogen-bond donors (Lipinski definition) is 2. The summed E-state index contributed by atoms with van der Waals surface area (Å²) >= 11 is 4.12. The van der Waals surface area contributed by atoms with Crippen LogP contribution in [0.3, 0.4) is 0 Å². The van der Waals surface area contributed by atoms with Crippen LogP contribution in [0, 0.1) is 0 Å². The first kappa shape index (κ1) is 10.1. The normalized spacial score (nSPS) is 11.0. The van der Waals surface area contributed by atoms with E-state index < -0.39 is 0 Å². The summed E-state index contributed by atoms with van der Waals surface area (Å²) in [6.45, 7) is 0. The zero-order valence-electron chi connectivity index (χ0n) is 8.22. The van der Waals surface area contributed by atoms with Crippen LogP contribution in [0.1, 0.15) is 5.56 Å². The van der Waals surface area contributed by atoms with Crippen LogP contribution in [0.15, 0.2) is 42.6 Å². The van der Waals surface area contributed by atoms with E-state index >= 15 is 0 Å². The first-order valence-electron chi connectivity index (χ1n) is 4.77. The van der Waals surface area contributed by atoms with E-state index in [9.17, 15) is 0 Å². The lowest BCUT2D eigenvalue weighted by Gasteiger charge is -1.98. The van der Waals surface area contributed by atoms with E-state index in [0.717, 1.165) is 17.0 Å². The van der Waals surface area contributed by atoms with Gasteiger partial charge < -0.3 is 0 Å². The van der Waals surface area contributed by atoms with Gasteiger partial charge in [0.15, 0.2) is 0 Å². The van der Waals surface area contributed by atoms with E-state index in [1.165, 1.54) is 5.56 Å². The summed E-state index contributed by atoms with van der Waals surface area (Å²) in [5.74, 6) is 0.766. The Hall–Kier alpha value is -1.48. The summed E-state index contributed by atoms with van der Waals surface area (Å²) in [6, 6.07) is 10.3. The van der Waals surface area contributed by atoms with Gasteiger partial charge in [-0.25, -0.2) is 0 Å². The zero-order valence-corrected chi connectivity index (χ0v) is 9.11. The highest BCUT2D eigenvalue weighted by molar-refractivity contribution is 7.80. The number of nitrogens with zero attached hydrogens (tertiary/aromatic N) is 1. The summed E-state index contributed by atoms with van der Waals surface area (Å²) in [4.78, 5) is 0. The number of hydrogen-bond acceptors (Lipinski definition) is 2. The summed E-state index contributed by atoms with van der Waals surface area (Å²) < 4.78 is 0. The minimum Gasteiger partial charge on any atom is -0.278 e. The quantitative estimate of drug-likeness (QED) is 0.759. The second-order valence-electron chi connectivity index (χ2n) is 3.18. The number of aromatic amines is 1. The van der Waals surface area contributed by atoms with E-state index in [1.54, 1.807) is 6.20 Å². The average molecular weight is 216 g/mol. The number of benzene rings is 1. The van der Waals surface area contributed by atoms with Crippen LogP contribution >= 0.6 is 12.6 Å². The van der Waals surface area contributed by atoms with Gasteiger partial charge in [0, 0.05) is 11.9 Å². The van der Waals surface area contributed by atoms with Crippen LogP contribution in [0.5, 0.6) is 0 Å². The molecule has 0 radical (unpaired) electrons. The van der Waals surface area contributed by atoms with E-state index in [-0.39, 0.29) is 0 Å². The van der Waals surface area contributed by atoms with Gasteiger partial charge in [0.2, 0.25) is 0 Å². The topological polar surface area (TPSA) is 28.7 Å². The predicted octanol–water partition coefficient (Wildman–Crippen LogP) is 3.02. The minimum atomic E-state index is 0.766. The minimum absolute atomic E-state index is 0.766. The number of H-pyrrole nitrogens is 1. The molecular formula is C12H12N2S.